The smallest absolute Gasteiger partial charge is 0.323 e. The number of ether oxygens (including phenoxy) is 1. The van der Waals surface area contributed by atoms with Crippen molar-refractivity contribution >= 4 is 39.9 Å². The number of H-pyrrole nitrogens is 2. The van der Waals surface area contributed by atoms with Crippen LogP contribution >= 0.6 is 11.6 Å². The molecule has 1 heterocycles. The summed E-state index contributed by atoms with van der Waals surface area (Å²) >= 11 is 6.17. The van der Waals surface area contributed by atoms with Crippen molar-refractivity contribution in [1.82, 2.24) is 9.97 Å². The van der Waals surface area contributed by atoms with Gasteiger partial charge in [-0.3, -0.25) is 4.79 Å². The third kappa shape index (κ3) is 4.16. The summed E-state index contributed by atoms with van der Waals surface area (Å²) in [5.41, 5.74) is 3.10. The van der Waals surface area contributed by atoms with Gasteiger partial charge in [0.15, 0.2) is 0 Å². The van der Waals surface area contributed by atoms with E-state index >= 15 is 0 Å². The Labute approximate surface area is 177 Å². The Balaban J connectivity index is 1.62. The van der Waals surface area contributed by atoms with Gasteiger partial charge in [-0.15, -0.1) is 0 Å². The summed E-state index contributed by atoms with van der Waals surface area (Å²) in [5.74, 6) is 0.270. The van der Waals surface area contributed by atoms with Crippen molar-refractivity contribution in [3.8, 4) is 5.75 Å². The second-order valence-electron chi connectivity index (χ2n) is 6.67. The van der Waals surface area contributed by atoms with Crippen molar-refractivity contribution in [2.45, 2.75) is 6.04 Å². The van der Waals surface area contributed by atoms with E-state index in [9.17, 15) is 9.59 Å². The van der Waals surface area contributed by atoms with E-state index < -0.39 is 6.04 Å². The van der Waals surface area contributed by atoms with Crippen LogP contribution in [0, 0.1) is 0 Å². The Morgan fingerprint density at radius 3 is 2.43 bits per heavy atom. The lowest BCUT2D eigenvalue weighted by molar-refractivity contribution is -0.117. The summed E-state index contributed by atoms with van der Waals surface area (Å²) in [6.07, 6.45) is 0. The quantitative estimate of drug-likeness (QED) is 0.372. The van der Waals surface area contributed by atoms with Gasteiger partial charge in [0.05, 0.1) is 23.2 Å². The number of carbonyl (C=O) groups excluding carboxylic acids is 1. The fourth-order valence-corrected chi connectivity index (χ4v) is 3.45. The van der Waals surface area contributed by atoms with E-state index in [0.717, 1.165) is 5.56 Å². The number of halogens is 1. The van der Waals surface area contributed by atoms with Gasteiger partial charge in [0.25, 0.3) is 5.91 Å². The molecule has 0 aliphatic heterocycles. The van der Waals surface area contributed by atoms with E-state index in [4.69, 9.17) is 16.3 Å². The van der Waals surface area contributed by atoms with Crippen LogP contribution in [0.5, 0.6) is 5.75 Å². The molecule has 1 amide bonds. The molecule has 152 valence electrons. The van der Waals surface area contributed by atoms with Crippen molar-refractivity contribution in [2.24, 2.45) is 0 Å². The summed E-state index contributed by atoms with van der Waals surface area (Å²) in [4.78, 5) is 30.1. The van der Waals surface area contributed by atoms with Gasteiger partial charge in [-0.25, -0.2) is 4.79 Å². The van der Waals surface area contributed by atoms with Crippen LogP contribution in [-0.2, 0) is 4.79 Å². The zero-order valence-corrected chi connectivity index (χ0v) is 16.8. The zero-order valence-electron chi connectivity index (χ0n) is 16.0. The minimum atomic E-state index is -0.671. The zero-order chi connectivity index (χ0) is 21.1. The summed E-state index contributed by atoms with van der Waals surface area (Å²) < 4.78 is 5.15. The van der Waals surface area contributed by atoms with Gasteiger partial charge in [-0.05, 0) is 42.0 Å². The molecule has 0 spiro atoms. The Kier molecular flexibility index (Phi) is 5.45. The molecule has 0 saturated heterocycles. The summed E-state index contributed by atoms with van der Waals surface area (Å²) in [7, 11) is 1.53. The van der Waals surface area contributed by atoms with Gasteiger partial charge in [0.2, 0.25) is 0 Å². The summed E-state index contributed by atoms with van der Waals surface area (Å²) in [5, 5.41) is 6.54. The van der Waals surface area contributed by atoms with E-state index in [2.05, 4.69) is 20.6 Å². The van der Waals surface area contributed by atoms with Gasteiger partial charge in [-0.1, -0.05) is 41.9 Å². The average molecular weight is 423 g/mol. The minimum absolute atomic E-state index is 0.259. The molecule has 4 N–H and O–H groups in total. The number of aromatic amines is 2. The third-order valence-electron chi connectivity index (χ3n) is 4.64. The van der Waals surface area contributed by atoms with Gasteiger partial charge in [0.1, 0.15) is 11.8 Å². The number of methoxy groups -OCH3 is 1. The molecule has 1 unspecified atom stereocenters. The van der Waals surface area contributed by atoms with Crippen molar-refractivity contribution < 1.29 is 9.53 Å². The number of amides is 1. The highest BCUT2D eigenvalue weighted by atomic mass is 35.5. The SMILES string of the molecule is COc1ccc(NC(=O)C(Nc2ccc3[nH]c(=O)[nH]c3c2)c2ccccc2)cc1Cl. The predicted molar refractivity (Wildman–Crippen MR) is 118 cm³/mol. The minimum Gasteiger partial charge on any atom is -0.495 e. The van der Waals surface area contributed by atoms with Gasteiger partial charge < -0.3 is 25.3 Å². The molecular weight excluding hydrogens is 404 g/mol. The molecule has 0 radical (unpaired) electrons. The van der Waals surface area contributed by atoms with E-state index in [-0.39, 0.29) is 11.6 Å². The van der Waals surface area contributed by atoms with Crippen LogP contribution in [0.4, 0.5) is 11.4 Å². The van der Waals surface area contributed by atoms with E-state index in [0.29, 0.717) is 33.2 Å². The van der Waals surface area contributed by atoms with Crippen LogP contribution < -0.4 is 21.1 Å². The first-order chi connectivity index (χ1) is 14.5. The Morgan fingerprint density at radius 2 is 1.70 bits per heavy atom. The number of hydrogen-bond donors (Lipinski definition) is 4. The van der Waals surface area contributed by atoms with Crippen molar-refractivity contribution in [3.05, 3.63) is 87.8 Å². The van der Waals surface area contributed by atoms with Crippen LogP contribution in [-0.4, -0.2) is 23.0 Å². The highest BCUT2D eigenvalue weighted by Crippen LogP contribution is 2.28. The molecule has 30 heavy (non-hydrogen) atoms. The van der Waals surface area contributed by atoms with Crippen LogP contribution in [0.25, 0.3) is 11.0 Å². The number of carbonyl (C=O) groups is 1. The van der Waals surface area contributed by atoms with Gasteiger partial charge in [0, 0.05) is 11.4 Å². The molecule has 0 fully saturated rings. The number of anilines is 2. The maximum Gasteiger partial charge on any atom is 0.323 e. The Morgan fingerprint density at radius 1 is 0.967 bits per heavy atom. The van der Waals surface area contributed by atoms with Crippen LogP contribution in [0.15, 0.2) is 71.5 Å². The highest BCUT2D eigenvalue weighted by Gasteiger charge is 2.21. The van der Waals surface area contributed by atoms with Crippen molar-refractivity contribution in [3.63, 3.8) is 0 Å². The second-order valence-corrected chi connectivity index (χ2v) is 7.07. The molecule has 4 rings (SSSR count). The first-order valence-corrected chi connectivity index (χ1v) is 9.59. The lowest BCUT2D eigenvalue weighted by Crippen LogP contribution is -2.27. The van der Waals surface area contributed by atoms with E-state index in [1.165, 1.54) is 7.11 Å². The van der Waals surface area contributed by atoms with Crippen LogP contribution in [0.1, 0.15) is 11.6 Å². The number of aromatic nitrogens is 2. The molecule has 0 bridgehead atoms. The first kappa shape index (κ1) is 19.6. The normalized spacial score (nSPS) is 11.8. The number of rotatable bonds is 6. The van der Waals surface area contributed by atoms with Crippen LogP contribution in [0.3, 0.4) is 0 Å². The lowest BCUT2D eigenvalue weighted by Gasteiger charge is -2.20. The van der Waals surface area contributed by atoms with Crippen molar-refractivity contribution in [2.75, 3.05) is 17.7 Å². The fourth-order valence-electron chi connectivity index (χ4n) is 3.19. The molecule has 1 atom stereocenters. The molecule has 0 saturated carbocycles. The van der Waals surface area contributed by atoms with Crippen LogP contribution in [0.2, 0.25) is 5.02 Å². The van der Waals surface area contributed by atoms with E-state index in [1.807, 2.05) is 30.3 Å². The molecule has 8 heteroatoms. The molecule has 7 nitrogen and oxygen atoms in total. The number of hydrogen-bond acceptors (Lipinski definition) is 4. The van der Waals surface area contributed by atoms with E-state index in [1.54, 1.807) is 36.4 Å². The topological polar surface area (TPSA) is 99.0 Å². The monoisotopic (exact) mass is 422 g/mol. The summed E-state index contributed by atoms with van der Waals surface area (Å²) in [6.45, 7) is 0. The highest BCUT2D eigenvalue weighted by molar-refractivity contribution is 6.32. The van der Waals surface area contributed by atoms with Gasteiger partial charge in [-0.2, -0.15) is 0 Å². The molecular formula is C22H19ClN4O3. The maximum absolute atomic E-state index is 13.1. The predicted octanol–water partition coefficient (Wildman–Crippen LogP) is 4.31. The molecule has 0 aliphatic carbocycles. The standard InChI is InChI=1S/C22H19ClN4O3/c1-30-19-10-8-14(11-16(19)23)25-21(28)20(13-5-3-2-4-6-13)24-15-7-9-17-18(12-15)27-22(29)26-17/h2-12,20,24H,1H3,(H,25,28)(H2,26,27,29). The molecule has 3 aromatic carbocycles. The van der Waals surface area contributed by atoms with Crippen molar-refractivity contribution in [1.29, 1.82) is 0 Å². The molecule has 0 aliphatic rings. The number of benzene rings is 3. The molecule has 4 aromatic rings. The second kappa shape index (κ2) is 8.34. The van der Waals surface area contributed by atoms with Gasteiger partial charge >= 0.3 is 5.69 Å². The Bertz CT molecular complexity index is 1250. The lowest BCUT2D eigenvalue weighted by atomic mass is 10.1. The largest absolute Gasteiger partial charge is 0.495 e. The third-order valence-corrected chi connectivity index (χ3v) is 4.94. The average Bonchev–Trinajstić information content (AvgIpc) is 3.12. The number of fused-ring (bicyclic) bond motifs is 1. The number of nitrogens with one attached hydrogen (secondary N) is 4. The fraction of sp³-hybridized carbons (Fsp3) is 0.0909. The first-order valence-electron chi connectivity index (χ1n) is 9.21. The summed E-state index contributed by atoms with van der Waals surface area (Å²) in [6, 6.07) is 19.1. The number of imidazole rings is 1. The Hall–Kier alpha value is -3.71. The maximum atomic E-state index is 13.1. The molecule has 1 aromatic heterocycles.